The van der Waals surface area contributed by atoms with Crippen LogP contribution in [0.15, 0.2) is 30.5 Å². The molecule has 0 saturated heterocycles. The van der Waals surface area contributed by atoms with Gasteiger partial charge in [0.2, 0.25) is 0 Å². The maximum Gasteiger partial charge on any atom is 0.0804 e. The van der Waals surface area contributed by atoms with Crippen LogP contribution in [0.4, 0.5) is 0 Å². The highest BCUT2D eigenvalue weighted by Gasteiger charge is 2.26. The quantitative estimate of drug-likeness (QED) is 0.792. The molecule has 0 unspecified atom stereocenters. The number of hydrazine groups is 3. The molecule has 0 aromatic heterocycles. The number of benzene rings is 1. The second-order valence-electron chi connectivity index (χ2n) is 4.80. The zero-order chi connectivity index (χ0) is 12.4. The highest BCUT2D eigenvalue weighted by molar-refractivity contribution is 5.69. The van der Waals surface area contributed by atoms with Crippen molar-refractivity contribution in [3.63, 3.8) is 0 Å². The first-order chi connectivity index (χ1) is 8.88. The number of hydrogen-bond donors (Lipinski definition) is 2. The van der Waals surface area contributed by atoms with E-state index >= 15 is 0 Å². The largest absolute Gasteiger partial charge is 0.287 e. The third-order valence-electron chi connectivity index (χ3n) is 3.48. The zero-order valence-electron chi connectivity index (χ0n) is 10.8. The Morgan fingerprint density at radius 1 is 1.33 bits per heavy atom. The van der Waals surface area contributed by atoms with Gasteiger partial charge in [0.15, 0.2) is 0 Å². The average molecular weight is 244 g/mol. The highest BCUT2D eigenvalue weighted by atomic mass is 15.9. The number of hydrogen-bond acceptors (Lipinski definition) is 4. The van der Waals surface area contributed by atoms with Crippen molar-refractivity contribution in [3.8, 4) is 0 Å². The van der Waals surface area contributed by atoms with E-state index in [1.54, 1.807) is 0 Å². The molecule has 18 heavy (non-hydrogen) atoms. The lowest BCUT2D eigenvalue weighted by Gasteiger charge is -2.29. The molecule has 0 spiro atoms. The van der Waals surface area contributed by atoms with Gasteiger partial charge >= 0.3 is 0 Å². The van der Waals surface area contributed by atoms with Gasteiger partial charge in [0.25, 0.3) is 0 Å². The lowest BCUT2D eigenvalue weighted by molar-refractivity contribution is 0.0938. The summed E-state index contributed by atoms with van der Waals surface area (Å²) in [6.07, 6.45) is 5.65. The van der Waals surface area contributed by atoms with Crippen LogP contribution >= 0.6 is 0 Å². The summed E-state index contributed by atoms with van der Waals surface area (Å²) >= 11 is 0. The Hall–Kier alpha value is -1.52. The van der Waals surface area contributed by atoms with E-state index in [9.17, 15) is 0 Å². The van der Waals surface area contributed by atoms with Crippen LogP contribution in [0, 0.1) is 0 Å². The van der Waals surface area contributed by atoms with Crippen molar-refractivity contribution >= 4 is 5.70 Å². The predicted octanol–water partition coefficient (Wildman–Crippen LogP) is 1.88. The number of nitrogens with zero attached hydrogens (tertiary/aromatic N) is 2. The second kappa shape index (κ2) is 5.00. The molecule has 0 aliphatic carbocycles. The molecule has 0 bridgehead atoms. The minimum Gasteiger partial charge on any atom is -0.287 e. The van der Waals surface area contributed by atoms with Gasteiger partial charge in [-0.25, -0.2) is 10.5 Å². The van der Waals surface area contributed by atoms with Crippen LogP contribution in [0.5, 0.6) is 0 Å². The zero-order valence-corrected chi connectivity index (χ0v) is 10.8. The Kier molecular flexibility index (Phi) is 3.21. The van der Waals surface area contributed by atoms with Crippen LogP contribution in [0.1, 0.15) is 30.9 Å². The third kappa shape index (κ3) is 2.09. The smallest absolute Gasteiger partial charge is 0.0804 e. The summed E-state index contributed by atoms with van der Waals surface area (Å²) in [6, 6.07) is 8.65. The molecule has 2 aliphatic heterocycles. The molecule has 96 valence electrons. The fourth-order valence-electron chi connectivity index (χ4n) is 2.47. The van der Waals surface area contributed by atoms with Gasteiger partial charge in [0.05, 0.1) is 11.9 Å². The SMILES string of the molecule is CCCCNN1C=C2c3ccccc3CCN2N1. The first-order valence-corrected chi connectivity index (χ1v) is 6.75. The Balaban J connectivity index is 1.75. The Labute approximate surface area is 108 Å². The van der Waals surface area contributed by atoms with Gasteiger partial charge in [0, 0.05) is 18.7 Å². The number of rotatable bonds is 4. The van der Waals surface area contributed by atoms with Crippen molar-refractivity contribution in [1.82, 2.24) is 21.1 Å². The maximum absolute atomic E-state index is 3.37. The first kappa shape index (κ1) is 11.6. The summed E-state index contributed by atoms with van der Waals surface area (Å²) in [6.45, 7) is 4.23. The van der Waals surface area contributed by atoms with E-state index in [0.29, 0.717) is 0 Å². The Morgan fingerprint density at radius 2 is 2.22 bits per heavy atom. The molecule has 0 saturated carbocycles. The molecule has 2 N–H and O–H groups in total. The Bertz CT molecular complexity index is 455. The monoisotopic (exact) mass is 244 g/mol. The van der Waals surface area contributed by atoms with E-state index in [1.807, 2.05) is 5.12 Å². The van der Waals surface area contributed by atoms with Gasteiger partial charge in [-0.15, -0.1) is 5.53 Å². The normalized spacial score (nSPS) is 17.5. The highest BCUT2D eigenvalue weighted by Crippen LogP contribution is 2.29. The summed E-state index contributed by atoms with van der Waals surface area (Å²) < 4.78 is 0. The maximum atomic E-state index is 3.37. The van der Waals surface area contributed by atoms with E-state index in [0.717, 1.165) is 19.5 Å². The van der Waals surface area contributed by atoms with Crippen LogP contribution in [-0.4, -0.2) is 23.2 Å². The molecule has 2 aliphatic rings. The Morgan fingerprint density at radius 3 is 3.11 bits per heavy atom. The summed E-state index contributed by atoms with van der Waals surface area (Å²) in [5, 5.41) is 4.19. The van der Waals surface area contributed by atoms with E-state index in [-0.39, 0.29) is 0 Å². The molecule has 3 rings (SSSR count). The lowest BCUT2D eigenvalue weighted by Crippen LogP contribution is -2.48. The molecule has 0 radical (unpaired) electrons. The molecule has 1 aromatic carbocycles. The van der Waals surface area contributed by atoms with Crippen molar-refractivity contribution in [1.29, 1.82) is 0 Å². The molecule has 4 heteroatoms. The second-order valence-corrected chi connectivity index (χ2v) is 4.80. The standard InChI is InChI=1S/C14H20N4/c1-2-3-9-15-18-11-14-13-7-5-4-6-12(13)8-10-17(14)16-18/h4-7,11,15-16H,2-3,8-10H2,1H3. The first-order valence-electron chi connectivity index (χ1n) is 6.75. The molecule has 0 fully saturated rings. The van der Waals surface area contributed by atoms with Gasteiger partial charge in [-0.3, -0.25) is 5.01 Å². The van der Waals surface area contributed by atoms with Crippen LogP contribution < -0.4 is 11.0 Å². The minimum absolute atomic E-state index is 1.00. The van der Waals surface area contributed by atoms with Crippen molar-refractivity contribution < 1.29 is 0 Å². The topological polar surface area (TPSA) is 30.5 Å². The summed E-state index contributed by atoms with van der Waals surface area (Å²) in [5.41, 5.74) is 10.8. The predicted molar refractivity (Wildman–Crippen MR) is 72.7 cm³/mol. The van der Waals surface area contributed by atoms with Crippen LogP contribution in [0.25, 0.3) is 5.70 Å². The number of nitrogens with one attached hydrogen (secondary N) is 2. The molecule has 0 atom stereocenters. The molecular formula is C14H20N4. The molecule has 1 aromatic rings. The van der Waals surface area contributed by atoms with Crippen LogP contribution in [0.3, 0.4) is 0 Å². The number of fused-ring (bicyclic) bond motifs is 3. The molecular weight excluding hydrogens is 224 g/mol. The van der Waals surface area contributed by atoms with Crippen LogP contribution in [0.2, 0.25) is 0 Å². The minimum atomic E-state index is 1.00. The van der Waals surface area contributed by atoms with Gasteiger partial charge in [-0.2, -0.15) is 0 Å². The van der Waals surface area contributed by atoms with Gasteiger partial charge < -0.3 is 0 Å². The fraction of sp³-hybridized carbons (Fsp3) is 0.429. The summed E-state index contributed by atoms with van der Waals surface area (Å²) in [4.78, 5) is 0. The summed E-state index contributed by atoms with van der Waals surface area (Å²) in [5.74, 6) is 0. The van der Waals surface area contributed by atoms with E-state index in [4.69, 9.17) is 0 Å². The van der Waals surface area contributed by atoms with Crippen molar-refractivity contribution in [2.75, 3.05) is 13.1 Å². The van der Waals surface area contributed by atoms with E-state index < -0.39 is 0 Å². The van der Waals surface area contributed by atoms with Crippen molar-refractivity contribution in [2.24, 2.45) is 0 Å². The molecule has 4 nitrogen and oxygen atoms in total. The van der Waals surface area contributed by atoms with Gasteiger partial charge in [0.1, 0.15) is 0 Å². The van der Waals surface area contributed by atoms with Crippen molar-refractivity contribution in [2.45, 2.75) is 26.2 Å². The van der Waals surface area contributed by atoms with Crippen molar-refractivity contribution in [3.05, 3.63) is 41.6 Å². The average Bonchev–Trinajstić information content (AvgIpc) is 2.82. The van der Waals surface area contributed by atoms with Gasteiger partial charge in [-0.1, -0.05) is 37.6 Å². The van der Waals surface area contributed by atoms with Crippen LogP contribution in [-0.2, 0) is 6.42 Å². The summed E-state index contributed by atoms with van der Waals surface area (Å²) in [7, 11) is 0. The lowest BCUT2D eigenvalue weighted by atomic mass is 9.98. The fourth-order valence-corrected chi connectivity index (χ4v) is 2.47. The number of unbranched alkanes of at least 4 members (excludes halogenated alkanes) is 1. The van der Waals surface area contributed by atoms with Gasteiger partial charge in [-0.05, 0) is 18.4 Å². The van der Waals surface area contributed by atoms with E-state index in [1.165, 1.54) is 29.7 Å². The third-order valence-corrected chi connectivity index (χ3v) is 3.48. The molecule has 2 heterocycles. The molecule has 0 amide bonds. The van der Waals surface area contributed by atoms with E-state index in [2.05, 4.69) is 53.4 Å².